The van der Waals surface area contributed by atoms with E-state index >= 15 is 0 Å². The molecule has 2 aromatic carbocycles. The highest BCUT2D eigenvalue weighted by atomic mass is 32.2. The van der Waals surface area contributed by atoms with Crippen LogP contribution >= 0.6 is 0 Å². The fraction of sp³-hybridized carbons (Fsp3) is 0.250. The summed E-state index contributed by atoms with van der Waals surface area (Å²) >= 11 is 0. The van der Waals surface area contributed by atoms with E-state index in [1.165, 1.54) is 12.1 Å². The number of nitro groups is 1. The van der Waals surface area contributed by atoms with Crippen LogP contribution in [0.5, 0.6) is 0 Å². The minimum Gasteiger partial charge on any atom is -0.394 e. The van der Waals surface area contributed by atoms with Gasteiger partial charge in [0.05, 0.1) is 16.4 Å². The Labute approximate surface area is 145 Å². The van der Waals surface area contributed by atoms with Gasteiger partial charge in [-0.05, 0) is 30.7 Å². The van der Waals surface area contributed by atoms with Gasteiger partial charge in [0.1, 0.15) is 5.69 Å². The summed E-state index contributed by atoms with van der Waals surface area (Å²) in [6.07, 6.45) is 0.559. The Balaban J connectivity index is 2.36. The summed E-state index contributed by atoms with van der Waals surface area (Å²) in [5, 5.41) is 23.4. The molecule has 0 fully saturated rings. The number of nitrogens with one attached hydrogen (secondary N) is 2. The number of hydrogen-bond donors (Lipinski definition) is 3. The number of benzene rings is 2. The fourth-order valence-electron chi connectivity index (χ4n) is 2.17. The second-order valence-corrected chi connectivity index (χ2v) is 7.02. The molecule has 0 radical (unpaired) electrons. The standard InChI is InChI=1S/C16H19N3O5S/c1-2-12(11-20)17-15-9-8-14(10-16(15)19(21)22)25(23,24)18-13-6-4-3-5-7-13/h3-10,12,17-18,20H,2,11H2,1H3/t12-/m1/s1. The molecule has 0 saturated heterocycles. The molecule has 0 heterocycles. The Hall–Kier alpha value is -2.65. The van der Waals surface area contributed by atoms with Crippen LogP contribution < -0.4 is 10.0 Å². The van der Waals surface area contributed by atoms with Gasteiger partial charge in [-0.15, -0.1) is 0 Å². The Morgan fingerprint density at radius 2 is 1.88 bits per heavy atom. The second kappa shape index (κ2) is 7.95. The van der Waals surface area contributed by atoms with E-state index in [-0.39, 0.29) is 28.9 Å². The Bertz CT molecular complexity index is 836. The average Bonchev–Trinajstić information content (AvgIpc) is 2.60. The normalized spacial score (nSPS) is 12.4. The van der Waals surface area contributed by atoms with Crippen LogP contribution in [0.25, 0.3) is 0 Å². The van der Waals surface area contributed by atoms with Gasteiger partial charge >= 0.3 is 0 Å². The van der Waals surface area contributed by atoms with Crippen molar-refractivity contribution in [3.63, 3.8) is 0 Å². The first-order chi connectivity index (χ1) is 11.9. The minimum atomic E-state index is -3.96. The number of nitrogens with zero attached hydrogens (tertiary/aromatic N) is 1. The zero-order valence-corrected chi connectivity index (χ0v) is 14.4. The van der Waals surface area contributed by atoms with Gasteiger partial charge in [0, 0.05) is 17.8 Å². The van der Waals surface area contributed by atoms with E-state index < -0.39 is 14.9 Å². The highest BCUT2D eigenvalue weighted by Gasteiger charge is 2.22. The summed E-state index contributed by atoms with van der Waals surface area (Å²) in [5.41, 5.74) is 0.145. The Morgan fingerprint density at radius 1 is 1.20 bits per heavy atom. The number of nitro benzene ring substituents is 1. The van der Waals surface area contributed by atoms with E-state index in [4.69, 9.17) is 0 Å². The molecule has 134 valence electrons. The summed E-state index contributed by atoms with van der Waals surface area (Å²) < 4.78 is 27.2. The Kier molecular flexibility index (Phi) is 5.94. The van der Waals surface area contributed by atoms with Gasteiger partial charge in [-0.3, -0.25) is 14.8 Å². The third kappa shape index (κ3) is 4.68. The van der Waals surface area contributed by atoms with Crippen LogP contribution in [0.3, 0.4) is 0 Å². The molecule has 0 aromatic heterocycles. The first-order valence-corrected chi connectivity index (χ1v) is 9.09. The van der Waals surface area contributed by atoms with E-state index in [0.717, 1.165) is 6.07 Å². The molecule has 0 unspecified atom stereocenters. The number of aliphatic hydroxyl groups is 1. The smallest absolute Gasteiger partial charge is 0.293 e. The van der Waals surface area contributed by atoms with E-state index in [2.05, 4.69) is 10.0 Å². The molecule has 3 N–H and O–H groups in total. The highest BCUT2D eigenvalue weighted by molar-refractivity contribution is 7.92. The van der Waals surface area contributed by atoms with Crippen molar-refractivity contribution in [1.29, 1.82) is 0 Å². The number of para-hydroxylation sites is 1. The molecule has 0 aliphatic rings. The van der Waals surface area contributed by atoms with E-state index in [1.54, 1.807) is 30.3 Å². The lowest BCUT2D eigenvalue weighted by molar-refractivity contribution is -0.384. The lowest BCUT2D eigenvalue weighted by Gasteiger charge is -2.16. The number of sulfonamides is 1. The van der Waals surface area contributed by atoms with Gasteiger partial charge in [0.2, 0.25) is 0 Å². The molecule has 0 aliphatic heterocycles. The molecule has 9 heteroatoms. The number of hydrogen-bond acceptors (Lipinski definition) is 6. The predicted molar refractivity (Wildman–Crippen MR) is 95.1 cm³/mol. The SMILES string of the molecule is CC[C@H](CO)Nc1ccc(S(=O)(=O)Nc2ccccc2)cc1[N+](=O)[O-]. The Morgan fingerprint density at radius 3 is 2.44 bits per heavy atom. The van der Waals surface area contributed by atoms with E-state index in [9.17, 15) is 23.6 Å². The van der Waals surface area contributed by atoms with Crippen molar-refractivity contribution in [3.8, 4) is 0 Å². The van der Waals surface area contributed by atoms with Crippen LogP contribution in [-0.2, 0) is 10.0 Å². The maximum Gasteiger partial charge on any atom is 0.293 e. The van der Waals surface area contributed by atoms with Crippen molar-refractivity contribution in [3.05, 3.63) is 58.6 Å². The largest absolute Gasteiger partial charge is 0.394 e. The van der Waals surface area contributed by atoms with Gasteiger partial charge in [-0.2, -0.15) is 0 Å². The highest BCUT2D eigenvalue weighted by Crippen LogP contribution is 2.29. The van der Waals surface area contributed by atoms with Crippen molar-refractivity contribution in [2.75, 3.05) is 16.6 Å². The topological polar surface area (TPSA) is 122 Å². The average molecular weight is 365 g/mol. The van der Waals surface area contributed by atoms with Crippen molar-refractivity contribution in [1.82, 2.24) is 0 Å². The molecule has 0 saturated carbocycles. The summed E-state index contributed by atoms with van der Waals surface area (Å²) in [6, 6.07) is 11.5. The molecule has 8 nitrogen and oxygen atoms in total. The van der Waals surface area contributed by atoms with Gasteiger partial charge < -0.3 is 10.4 Å². The monoisotopic (exact) mass is 365 g/mol. The summed E-state index contributed by atoms with van der Waals surface area (Å²) in [5.74, 6) is 0. The van der Waals surface area contributed by atoms with Crippen molar-refractivity contribution >= 4 is 27.1 Å². The number of anilines is 2. The maximum atomic E-state index is 12.4. The van der Waals surface area contributed by atoms with Crippen LogP contribution in [0.15, 0.2) is 53.4 Å². The van der Waals surface area contributed by atoms with E-state index in [0.29, 0.717) is 12.1 Å². The molecule has 0 aliphatic carbocycles. The summed E-state index contributed by atoms with van der Waals surface area (Å²) in [4.78, 5) is 10.4. The zero-order chi connectivity index (χ0) is 18.4. The first-order valence-electron chi connectivity index (χ1n) is 7.61. The number of aliphatic hydroxyl groups excluding tert-OH is 1. The van der Waals surface area contributed by atoms with Crippen molar-refractivity contribution in [2.45, 2.75) is 24.3 Å². The number of rotatable bonds is 8. The third-order valence-electron chi connectivity index (χ3n) is 3.58. The van der Waals surface area contributed by atoms with Crippen LogP contribution in [0.2, 0.25) is 0 Å². The molecule has 2 rings (SSSR count). The van der Waals surface area contributed by atoms with Crippen LogP contribution in [0, 0.1) is 10.1 Å². The molecular formula is C16H19N3O5S. The quantitative estimate of drug-likeness (QED) is 0.488. The molecular weight excluding hydrogens is 346 g/mol. The fourth-order valence-corrected chi connectivity index (χ4v) is 3.25. The van der Waals surface area contributed by atoms with Gasteiger partial charge in [0.25, 0.3) is 15.7 Å². The van der Waals surface area contributed by atoms with Crippen molar-refractivity contribution in [2.24, 2.45) is 0 Å². The summed E-state index contributed by atoms with van der Waals surface area (Å²) in [7, 11) is -3.96. The van der Waals surface area contributed by atoms with Crippen molar-refractivity contribution < 1.29 is 18.4 Å². The molecule has 1 atom stereocenters. The first kappa shape index (κ1) is 18.7. The van der Waals surface area contributed by atoms with Crippen LogP contribution in [-0.4, -0.2) is 31.1 Å². The summed E-state index contributed by atoms with van der Waals surface area (Å²) in [6.45, 7) is 1.63. The lowest BCUT2D eigenvalue weighted by atomic mass is 10.2. The predicted octanol–water partition coefficient (Wildman–Crippen LogP) is 2.58. The molecule has 0 bridgehead atoms. The molecule has 2 aromatic rings. The molecule has 25 heavy (non-hydrogen) atoms. The van der Waals surface area contributed by atoms with E-state index in [1.807, 2.05) is 6.92 Å². The molecule has 0 spiro atoms. The van der Waals surface area contributed by atoms with Gasteiger partial charge in [-0.25, -0.2) is 8.42 Å². The van der Waals surface area contributed by atoms with Crippen LogP contribution in [0.4, 0.5) is 17.1 Å². The lowest BCUT2D eigenvalue weighted by Crippen LogP contribution is -2.23. The van der Waals surface area contributed by atoms with Crippen LogP contribution in [0.1, 0.15) is 13.3 Å². The molecule has 0 amide bonds. The minimum absolute atomic E-state index is 0.157. The zero-order valence-electron chi connectivity index (χ0n) is 13.5. The third-order valence-corrected chi connectivity index (χ3v) is 4.95. The maximum absolute atomic E-state index is 12.4. The van der Waals surface area contributed by atoms with Gasteiger partial charge in [-0.1, -0.05) is 25.1 Å². The second-order valence-electron chi connectivity index (χ2n) is 5.34. The van der Waals surface area contributed by atoms with Gasteiger partial charge in [0.15, 0.2) is 0 Å².